The highest BCUT2D eigenvalue weighted by atomic mass is 15.4. The van der Waals surface area contributed by atoms with Crippen LogP contribution in [0.15, 0.2) is 28.9 Å². The number of rotatable bonds is 1. The molecule has 0 aromatic carbocycles. The molecule has 0 radical (unpaired) electrons. The minimum Gasteiger partial charge on any atom is -0.300 e. The van der Waals surface area contributed by atoms with Gasteiger partial charge in [0.05, 0.1) is 0 Å². The summed E-state index contributed by atoms with van der Waals surface area (Å²) in [5.41, 5.74) is 1.39. The van der Waals surface area contributed by atoms with Crippen molar-refractivity contribution in [2.75, 3.05) is 13.6 Å². The fourth-order valence-corrected chi connectivity index (χ4v) is 1.91. The number of hydrogen-bond donors (Lipinski definition) is 0. The maximum absolute atomic E-state index is 4.27. The summed E-state index contributed by atoms with van der Waals surface area (Å²) in [7, 11) is 2.03. The predicted molar refractivity (Wildman–Crippen MR) is 55.6 cm³/mol. The summed E-state index contributed by atoms with van der Waals surface area (Å²) >= 11 is 0. The second-order valence-corrected chi connectivity index (χ2v) is 3.98. The van der Waals surface area contributed by atoms with Gasteiger partial charge >= 0.3 is 0 Å². The highest BCUT2D eigenvalue weighted by molar-refractivity contribution is 5.63. The summed E-state index contributed by atoms with van der Waals surface area (Å²) < 4.78 is 0. The molecular formula is C11H16N2. The first kappa shape index (κ1) is 8.54. The average molecular weight is 176 g/mol. The monoisotopic (exact) mass is 176 g/mol. The van der Waals surface area contributed by atoms with E-state index in [0.29, 0.717) is 11.8 Å². The van der Waals surface area contributed by atoms with Gasteiger partial charge in [0.25, 0.3) is 0 Å². The van der Waals surface area contributed by atoms with E-state index in [-0.39, 0.29) is 0 Å². The molecule has 0 spiro atoms. The van der Waals surface area contributed by atoms with Gasteiger partial charge in [0.15, 0.2) is 0 Å². The molecule has 13 heavy (non-hydrogen) atoms. The molecule has 70 valence electrons. The maximum atomic E-state index is 4.27. The van der Waals surface area contributed by atoms with Crippen molar-refractivity contribution < 1.29 is 0 Å². The highest BCUT2D eigenvalue weighted by Gasteiger charge is 2.23. The second kappa shape index (κ2) is 3.36. The van der Waals surface area contributed by atoms with Gasteiger partial charge in [-0.2, -0.15) is 5.10 Å². The minimum absolute atomic E-state index is 0.616. The van der Waals surface area contributed by atoms with Crippen LogP contribution >= 0.6 is 0 Å². The zero-order chi connectivity index (χ0) is 9.26. The van der Waals surface area contributed by atoms with E-state index in [0.717, 1.165) is 6.54 Å². The smallest absolute Gasteiger partial charge is 0.0441 e. The minimum atomic E-state index is 0.616. The first-order valence-corrected chi connectivity index (χ1v) is 4.86. The van der Waals surface area contributed by atoms with Crippen LogP contribution in [0.25, 0.3) is 0 Å². The molecule has 2 nitrogen and oxygen atoms in total. The van der Waals surface area contributed by atoms with E-state index in [4.69, 9.17) is 0 Å². The Morgan fingerprint density at radius 2 is 2.31 bits per heavy atom. The number of hydrazone groups is 1. The standard InChI is InChI=1S/C11H16N2/c1-9-3-5-10(6-4-9)11-7-12-13(2)8-11/h3-5,7,10-11H,6,8H2,1-2H3. The van der Waals surface area contributed by atoms with Crippen molar-refractivity contribution in [1.82, 2.24) is 5.01 Å². The summed E-state index contributed by atoms with van der Waals surface area (Å²) in [6, 6.07) is 0. The maximum Gasteiger partial charge on any atom is 0.0441 e. The molecule has 2 atom stereocenters. The quantitative estimate of drug-likeness (QED) is 0.597. The number of hydrogen-bond acceptors (Lipinski definition) is 2. The van der Waals surface area contributed by atoms with Crippen molar-refractivity contribution in [3.63, 3.8) is 0 Å². The molecule has 2 unspecified atom stereocenters. The van der Waals surface area contributed by atoms with Gasteiger partial charge in [-0.3, -0.25) is 5.01 Å². The van der Waals surface area contributed by atoms with Gasteiger partial charge in [-0.15, -0.1) is 0 Å². The van der Waals surface area contributed by atoms with Crippen LogP contribution in [0.1, 0.15) is 13.3 Å². The lowest BCUT2D eigenvalue weighted by molar-refractivity contribution is 0.333. The van der Waals surface area contributed by atoms with Crippen molar-refractivity contribution in [2.45, 2.75) is 13.3 Å². The Balaban J connectivity index is 1.98. The van der Waals surface area contributed by atoms with E-state index >= 15 is 0 Å². The van der Waals surface area contributed by atoms with E-state index in [9.17, 15) is 0 Å². The van der Waals surface area contributed by atoms with Crippen LogP contribution in [0.2, 0.25) is 0 Å². The Morgan fingerprint density at radius 3 is 2.85 bits per heavy atom. The first-order chi connectivity index (χ1) is 6.25. The molecule has 0 aromatic rings. The van der Waals surface area contributed by atoms with Crippen LogP contribution < -0.4 is 0 Å². The van der Waals surface area contributed by atoms with Crippen LogP contribution in [0, 0.1) is 11.8 Å². The van der Waals surface area contributed by atoms with Crippen LogP contribution in [-0.4, -0.2) is 24.8 Å². The van der Waals surface area contributed by atoms with Crippen molar-refractivity contribution in [3.8, 4) is 0 Å². The Kier molecular flexibility index (Phi) is 2.21. The molecule has 1 aliphatic carbocycles. The predicted octanol–water partition coefficient (Wildman–Crippen LogP) is 2.06. The second-order valence-electron chi connectivity index (χ2n) is 3.98. The topological polar surface area (TPSA) is 15.6 Å². The SMILES string of the molecule is CC1=CCC(C2C=NN(C)C2)C=C1. The van der Waals surface area contributed by atoms with Gasteiger partial charge in [-0.1, -0.05) is 23.8 Å². The van der Waals surface area contributed by atoms with Gasteiger partial charge in [0.2, 0.25) is 0 Å². The Hall–Kier alpha value is -1.05. The van der Waals surface area contributed by atoms with Gasteiger partial charge in [0, 0.05) is 25.7 Å². The van der Waals surface area contributed by atoms with Crippen LogP contribution in [-0.2, 0) is 0 Å². The molecule has 0 bridgehead atoms. The molecule has 1 heterocycles. The third kappa shape index (κ3) is 1.82. The summed E-state index contributed by atoms with van der Waals surface area (Å²) in [5.74, 6) is 1.28. The van der Waals surface area contributed by atoms with Crippen molar-refractivity contribution in [3.05, 3.63) is 23.8 Å². The molecule has 0 fully saturated rings. The van der Waals surface area contributed by atoms with Gasteiger partial charge < -0.3 is 0 Å². The molecular weight excluding hydrogens is 160 g/mol. The molecule has 2 heteroatoms. The third-order valence-electron chi connectivity index (χ3n) is 2.80. The normalized spacial score (nSPS) is 32.5. The molecule has 2 aliphatic rings. The zero-order valence-corrected chi connectivity index (χ0v) is 8.27. The van der Waals surface area contributed by atoms with Gasteiger partial charge in [0.1, 0.15) is 0 Å². The highest BCUT2D eigenvalue weighted by Crippen LogP contribution is 2.25. The van der Waals surface area contributed by atoms with Crippen LogP contribution in [0.5, 0.6) is 0 Å². The lowest BCUT2D eigenvalue weighted by Gasteiger charge is -2.20. The van der Waals surface area contributed by atoms with Gasteiger partial charge in [-0.25, -0.2) is 0 Å². The van der Waals surface area contributed by atoms with Crippen LogP contribution in [0.3, 0.4) is 0 Å². The molecule has 1 aliphatic heterocycles. The van der Waals surface area contributed by atoms with Gasteiger partial charge in [-0.05, 0) is 19.3 Å². The Labute approximate surface area is 79.6 Å². The first-order valence-electron chi connectivity index (χ1n) is 4.86. The van der Waals surface area contributed by atoms with Crippen molar-refractivity contribution in [2.24, 2.45) is 16.9 Å². The summed E-state index contributed by atoms with van der Waals surface area (Å²) in [4.78, 5) is 0. The summed E-state index contributed by atoms with van der Waals surface area (Å²) in [6.45, 7) is 3.23. The lowest BCUT2D eigenvalue weighted by Crippen LogP contribution is -2.20. The molecule has 2 rings (SSSR count). The van der Waals surface area contributed by atoms with Crippen molar-refractivity contribution in [1.29, 1.82) is 0 Å². The van der Waals surface area contributed by atoms with E-state index < -0.39 is 0 Å². The largest absolute Gasteiger partial charge is 0.300 e. The Morgan fingerprint density at radius 1 is 1.46 bits per heavy atom. The zero-order valence-electron chi connectivity index (χ0n) is 8.27. The van der Waals surface area contributed by atoms with E-state index in [1.165, 1.54) is 12.0 Å². The van der Waals surface area contributed by atoms with E-state index in [2.05, 4.69) is 36.5 Å². The molecule has 0 amide bonds. The van der Waals surface area contributed by atoms with Crippen LogP contribution in [0.4, 0.5) is 0 Å². The fourth-order valence-electron chi connectivity index (χ4n) is 1.91. The molecule has 0 N–H and O–H groups in total. The summed E-state index contributed by atoms with van der Waals surface area (Å²) in [6.07, 6.45) is 10.1. The molecule has 0 aromatic heterocycles. The fraction of sp³-hybridized carbons (Fsp3) is 0.545. The molecule has 0 saturated heterocycles. The third-order valence-corrected chi connectivity index (χ3v) is 2.80. The van der Waals surface area contributed by atoms with E-state index in [1.54, 1.807) is 0 Å². The Bertz CT molecular complexity index is 276. The van der Waals surface area contributed by atoms with Crippen molar-refractivity contribution >= 4 is 6.21 Å². The summed E-state index contributed by atoms with van der Waals surface area (Å²) in [5, 5.41) is 6.28. The number of nitrogens with zero attached hydrogens (tertiary/aromatic N) is 2. The molecule has 0 saturated carbocycles. The average Bonchev–Trinajstić information content (AvgIpc) is 2.53. The number of allylic oxidation sites excluding steroid dienone is 4. The lowest BCUT2D eigenvalue weighted by atomic mass is 9.86. The van der Waals surface area contributed by atoms with E-state index in [1.807, 2.05) is 12.1 Å².